The van der Waals surface area contributed by atoms with E-state index < -0.39 is 0 Å². The summed E-state index contributed by atoms with van der Waals surface area (Å²) in [4.78, 5) is 13.1. The summed E-state index contributed by atoms with van der Waals surface area (Å²) in [6.07, 6.45) is 1.73. The zero-order chi connectivity index (χ0) is 14.8. The molecule has 0 saturated heterocycles. The highest BCUT2D eigenvalue weighted by Crippen LogP contribution is 2.31. The monoisotopic (exact) mass is 285 g/mol. The molecule has 0 radical (unpaired) electrons. The standard InChI is InChI=1S/C17H16FNO2/c1-21-17-5-2-12(11-20)8-14(17)10-19-7-6-13-3-4-15(18)9-16(13)19/h2-5,8-9,11H,6-7,10H2,1H3. The number of halogens is 1. The average molecular weight is 285 g/mol. The molecule has 1 aliphatic rings. The summed E-state index contributed by atoms with van der Waals surface area (Å²) in [7, 11) is 1.61. The van der Waals surface area contributed by atoms with E-state index in [1.807, 2.05) is 12.1 Å². The molecule has 0 unspecified atom stereocenters. The zero-order valence-electron chi connectivity index (χ0n) is 11.8. The summed E-state index contributed by atoms with van der Waals surface area (Å²) in [5.74, 6) is 0.514. The van der Waals surface area contributed by atoms with Crippen LogP contribution in [0.25, 0.3) is 0 Å². The molecule has 3 nitrogen and oxygen atoms in total. The van der Waals surface area contributed by atoms with Gasteiger partial charge in [0.05, 0.1) is 7.11 Å². The molecule has 0 bridgehead atoms. The first kappa shape index (κ1) is 13.6. The number of rotatable bonds is 4. The van der Waals surface area contributed by atoms with Crippen molar-refractivity contribution >= 4 is 12.0 Å². The summed E-state index contributed by atoms with van der Waals surface area (Å²) >= 11 is 0. The number of benzene rings is 2. The maximum absolute atomic E-state index is 13.4. The third-order valence-corrected chi connectivity index (χ3v) is 3.84. The minimum Gasteiger partial charge on any atom is -0.496 e. The molecule has 1 heterocycles. The first-order valence-corrected chi connectivity index (χ1v) is 6.86. The highest BCUT2D eigenvalue weighted by Gasteiger charge is 2.20. The Labute approximate surface area is 123 Å². The molecule has 0 saturated carbocycles. The van der Waals surface area contributed by atoms with Crippen molar-refractivity contribution in [3.8, 4) is 5.75 Å². The van der Waals surface area contributed by atoms with Gasteiger partial charge in [0.15, 0.2) is 0 Å². The molecular formula is C17H16FNO2. The van der Waals surface area contributed by atoms with Crippen molar-refractivity contribution in [3.05, 3.63) is 58.9 Å². The maximum Gasteiger partial charge on any atom is 0.150 e. The number of ether oxygens (including phenoxy) is 1. The van der Waals surface area contributed by atoms with Gasteiger partial charge in [0.25, 0.3) is 0 Å². The first-order chi connectivity index (χ1) is 10.2. The second-order valence-electron chi connectivity index (χ2n) is 5.13. The fourth-order valence-electron chi connectivity index (χ4n) is 2.78. The minimum absolute atomic E-state index is 0.228. The van der Waals surface area contributed by atoms with Gasteiger partial charge in [-0.2, -0.15) is 0 Å². The number of anilines is 1. The average Bonchev–Trinajstić information content (AvgIpc) is 2.89. The fraction of sp³-hybridized carbons (Fsp3) is 0.235. The van der Waals surface area contributed by atoms with E-state index in [4.69, 9.17) is 4.74 Å². The van der Waals surface area contributed by atoms with E-state index in [2.05, 4.69) is 4.90 Å². The van der Waals surface area contributed by atoms with Crippen LogP contribution in [0.2, 0.25) is 0 Å². The van der Waals surface area contributed by atoms with Crippen LogP contribution in [0.4, 0.5) is 10.1 Å². The molecule has 4 heteroatoms. The minimum atomic E-state index is -0.228. The topological polar surface area (TPSA) is 29.5 Å². The van der Waals surface area contributed by atoms with Crippen molar-refractivity contribution in [2.75, 3.05) is 18.6 Å². The van der Waals surface area contributed by atoms with E-state index in [1.165, 1.54) is 6.07 Å². The van der Waals surface area contributed by atoms with E-state index in [0.29, 0.717) is 12.1 Å². The predicted molar refractivity (Wildman–Crippen MR) is 79.5 cm³/mol. The van der Waals surface area contributed by atoms with E-state index in [0.717, 1.165) is 41.8 Å². The third-order valence-electron chi connectivity index (χ3n) is 3.84. The molecule has 0 aliphatic carbocycles. The number of nitrogens with zero attached hydrogens (tertiary/aromatic N) is 1. The van der Waals surface area contributed by atoms with Crippen molar-refractivity contribution in [1.82, 2.24) is 0 Å². The van der Waals surface area contributed by atoms with Gasteiger partial charge in [-0.25, -0.2) is 4.39 Å². The number of hydrogen-bond acceptors (Lipinski definition) is 3. The number of carbonyl (C=O) groups is 1. The van der Waals surface area contributed by atoms with Crippen LogP contribution in [0, 0.1) is 5.82 Å². The van der Waals surface area contributed by atoms with Crippen LogP contribution < -0.4 is 9.64 Å². The van der Waals surface area contributed by atoms with E-state index >= 15 is 0 Å². The van der Waals surface area contributed by atoms with Crippen LogP contribution >= 0.6 is 0 Å². The second kappa shape index (κ2) is 5.56. The normalized spacial score (nSPS) is 13.1. The maximum atomic E-state index is 13.4. The molecule has 1 aliphatic heterocycles. The van der Waals surface area contributed by atoms with E-state index in [9.17, 15) is 9.18 Å². The lowest BCUT2D eigenvalue weighted by molar-refractivity contribution is 0.112. The Bertz CT molecular complexity index is 684. The number of fused-ring (bicyclic) bond motifs is 1. The zero-order valence-corrected chi connectivity index (χ0v) is 11.8. The molecule has 3 rings (SSSR count). The fourth-order valence-corrected chi connectivity index (χ4v) is 2.78. The lowest BCUT2D eigenvalue weighted by atomic mass is 10.1. The summed E-state index contributed by atoms with van der Waals surface area (Å²) in [5, 5.41) is 0. The Kier molecular flexibility index (Phi) is 3.60. The van der Waals surface area contributed by atoms with Crippen LogP contribution in [0.1, 0.15) is 21.5 Å². The lowest BCUT2D eigenvalue weighted by Gasteiger charge is -2.21. The Morgan fingerprint density at radius 1 is 1.29 bits per heavy atom. The molecule has 0 amide bonds. The molecule has 2 aromatic rings. The van der Waals surface area contributed by atoms with Gasteiger partial charge in [-0.15, -0.1) is 0 Å². The quantitative estimate of drug-likeness (QED) is 0.808. The molecule has 0 fully saturated rings. The van der Waals surface area contributed by atoms with Crippen LogP contribution in [-0.4, -0.2) is 19.9 Å². The summed E-state index contributed by atoms with van der Waals surface area (Å²) < 4.78 is 18.8. The van der Waals surface area contributed by atoms with Crippen LogP contribution in [-0.2, 0) is 13.0 Å². The number of methoxy groups -OCH3 is 1. The molecular weight excluding hydrogens is 269 g/mol. The van der Waals surface area contributed by atoms with Gasteiger partial charge in [0.1, 0.15) is 17.9 Å². The van der Waals surface area contributed by atoms with Gasteiger partial charge >= 0.3 is 0 Å². The summed E-state index contributed by atoms with van der Waals surface area (Å²) in [6, 6.07) is 10.2. The molecule has 108 valence electrons. The van der Waals surface area contributed by atoms with E-state index in [-0.39, 0.29) is 5.82 Å². The van der Waals surface area contributed by atoms with Crippen LogP contribution in [0.5, 0.6) is 5.75 Å². The number of hydrogen-bond donors (Lipinski definition) is 0. The van der Waals surface area contributed by atoms with Crippen molar-refractivity contribution in [2.45, 2.75) is 13.0 Å². The molecule has 21 heavy (non-hydrogen) atoms. The first-order valence-electron chi connectivity index (χ1n) is 6.86. The predicted octanol–water partition coefficient (Wildman–Crippen LogP) is 3.21. The van der Waals surface area contributed by atoms with Crippen molar-refractivity contribution < 1.29 is 13.9 Å². The van der Waals surface area contributed by atoms with Gasteiger partial charge in [-0.05, 0) is 42.3 Å². The van der Waals surface area contributed by atoms with Crippen molar-refractivity contribution in [1.29, 1.82) is 0 Å². The van der Waals surface area contributed by atoms with Gasteiger partial charge in [0.2, 0.25) is 0 Å². The molecule has 0 spiro atoms. The van der Waals surface area contributed by atoms with Crippen LogP contribution in [0.3, 0.4) is 0 Å². The Balaban J connectivity index is 1.92. The summed E-state index contributed by atoms with van der Waals surface area (Å²) in [6.45, 7) is 1.44. The Morgan fingerprint density at radius 2 is 2.14 bits per heavy atom. The van der Waals surface area contributed by atoms with Gasteiger partial charge < -0.3 is 9.64 Å². The third kappa shape index (κ3) is 2.61. The summed E-state index contributed by atoms with van der Waals surface area (Å²) in [5.41, 5.74) is 3.62. The number of carbonyl (C=O) groups excluding carboxylic acids is 1. The number of aldehydes is 1. The Morgan fingerprint density at radius 3 is 2.90 bits per heavy atom. The highest BCUT2D eigenvalue weighted by molar-refractivity contribution is 5.75. The largest absolute Gasteiger partial charge is 0.496 e. The smallest absolute Gasteiger partial charge is 0.150 e. The molecule has 0 aromatic heterocycles. The van der Waals surface area contributed by atoms with Crippen molar-refractivity contribution in [2.24, 2.45) is 0 Å². The molecule has 0 atom stereocenters. The SMILES string of the molecule is COc1ccc(C=O)cc1CN1CCc2ccc(F)cc21. The van der Waals surface area contributed by atoms with Gasteiger partial charge in [-0.1, -0.05) is 6.07 Å². The molecule has 2 aromatic carbocycles. The van der Waals surface area contributed by atoms with Crippen molar-refractivity contribution in [3.63, 3.8) is 0 Å². The second-order valence-corrected chi connectivity index (χ2v) is 5.13. The van der Waals surface area contributed by atoms with Crippen LogP contribution in [0.15, 0.2) is 36.4 Å². The lowest BCUT2D eigenvalue weighted by Crippen LogP contribution is -2.20. The van der Waals surface area contributed by atoms with Gasteiger partial charge in [-0.3, -0.25) is 4.79 Å². The van der Waals surface area contributed by atoms with Gasteiger partial charge in [0, 0.05) is 29.9 Å². The highest BCUT2D eigenvalue weighted by atomic mass is 19.1. The van der Waals surface area contributed by atoms with E-state index in [1.54, 1.807) is 25.3 Å². The Hall–Kier alpha value is -2.36. The molecule has 0 N–H and O–H groups in total.